The van der Waals surface area contributed by atoms with Crippen LogP contribution in [0.4, 0.5) is 5.69 Å². The number of benzene rings is 2. The molecule has 2 bridgehead atoms. The van der Waals surface area contributed by atoms with Gasteiger partial charge < -0.3 is 23.9 Å². The number of aromatic nitrogens is 1. The molecule has 1 saturated heterocycles. The van der Waals surface area contributed by atoms with E-state index in [1.807, 2.05) is 47.0 Å². The van der Waals surface area contributed by atoms with E-state index in [0.29, 0.717) is 16.9 Å². The predicted molar refractivity (Wildman–Crippen MR) is 130 cm³/mol. The molecule has 4 heterocycles. The number of anilines is 1. The van der Waals surface area contributed by atoms with Gasteiger partial charge in [-0.05, 0) is 42.8 Å². The molecule has 1 N–H and O–H groups in total. The van der Waals surface area contributed by atoms with Crippen molar-refractivity contribution >= 4 is 45.0 Å². The maximum atomic E-state index is 12.3. The molecule has 32 heavy (non-hydrogen) atoms. The Labute approximate surface area is 190 Å². The Balaban J connectivity index is 1.29. The highest BCUT2D eigenvalue weighted by atomic mass is 32.1. The fourth-order valence-corrected chi connectivity index (χ4v) is 5.53. The third-order valence-electron chi connectivity index (χ3n) is 6.71. The Kier molecular flexibility index (Phi) is 4.47. The van der Waals surface area contributed by atoms with Crippen molar-refractivity contribution in [1.29, 1.82) is 0 Å². The van der Waals surface area contributed by atoms with Crippen LogP contribution >= 0.6 is 12.2 Å². The van der Waals surface area contributed by atoms with Crippen LogP contribution < -0.4 is 15.6 Å². The van der Waals surface area contributed by atoms with Crippen LogP contribution in [0.1, 0.15) is 18.0 Å². The lowest BCUT2D eigenvalue weighted by molar-refractivity contribution is 0.180. The first kappa shape index (κ1) is 19.4. The van der Waals surface area contributed by atoms with Gasteiger partial charge in [-0.25, -0.2) is 0 Å². The number of para-hydroxylation sites is 1. The topological polar surface area (TPSA) is 59.6 Å². The number of hydrogen-bond donors (Lipinski definition) is 1. The maximum Gasteiger partial charge on any atom is 0.250 e. The van der Waals surface area contributed by atoms with Crippen molar-refractivity contribution in [1.82, 2.24) is 9.47 Å². The summed E-state index contributed by atoms with van der Waals surface area (Å²) in [5, 5.41) is 6.14. The van der Waals surface area contributed by atoms with Crippen LogP contribution in [-0.4, -0.2) is 34.8 Å². The third kappa shape index (κ3) is 3.07. The summed E-state index contributed by atoms with van der Waals surface area (Å²) in [4.78, 5) is 14.5. The van der Waals surface area contributed by atoms with Crippen LogP contribution in [0.2, 0.25) is 0 Å². The number of nitrogens with zero attached hydrogens (tertiary/aromatic N) is 2. The summed E-state index contributed by atoms with van der Waals surface area (Å²) >= 11 is 5.81. The van der Waals surface area contributed by atoms with Crippen molar-refractivity contribution in [3.63, 3.8) is 0 Å². The molecule has 1 fully saturated rings. The number of nitrogens with one attached hydrogen (secondary N) is 1. The first-order chi connectivity index (χ1) is 15.6. The highest BCUT2D eigenvalue weighted by Gasteiger charge is 2.35. The van der Waals surface area contributed by atoms with Crippen molar-refractivity contribution in [2.45, 2.75) is 18.9 Å². The van der Waals surface area contributed by atoms with E-state index in [9.17, 15) is 4.79 Å². The number of pyridine rings is 1. The van der Waals surface area contributed by atoms with Gasteiger partial charge in [-0.3, -0.25) is 4.79 Å². The lowest BCUT2D eigenvalue weighted by Crippen LogP contribution is -2.50. The molecule has 6 nitrogen and oxygen atoms in total. The molecule has 2 aliphatic rings. The Hall–Kier alpha value is -3.32. The molecule has 7 heteroatoms. The van der Waals surface area contributed by atoms with E-state index >= 15 is 0 Å². The van der Waals surface area contributed by atoms with Crippen LogP contribution in [-0.2, 0) is 6.54 Å². The fraction of sp³-hybridized carbons (Fsp3) is 0.280. The largest absolute Gasteiger partial charge is 0.495 e. The van der Waals surface area contributed by atoms with Crippen LogP contribution in [0.5, 0.6) is 5.75 Å². The molecule has 2 atom stereocenters. The average molecular weight is 446 g/mol. The number of hydrogen-bond acceptors (Lipinski definition) is 4. The number of piperidine rings is 1. The van der Waals surface area contributed by atoms with E-state index in [1.54, 1.807) is 13.2 Å². The Morgan fingerprint density at radius 3 is 2.81 bits per heavy atom. The summed E-state index contributed by atoms with van der Waals surface area (Å²) in [6, 6.07) is 17.5. The number of furan rings is 1. The number of fused-ring (bicyclic) bond motifs is 7. The number of likely N-dealkylation sites (tertiary alicyclic amines) is 1. The first-order valence-electron chi connectivity index (χ1n) is 10.9. The smallest absolute Gasteiger partial charge is 0.250 e. The van der Waals surface area contributed by atoms with Gasteiger partial charge in [-0.1, -0.05) is 24.3 Å². The van der Waals surface area contributed by atoms with E-state index < -0.39 is 0 Å². The zero-order valence-corrected chi connectivity index (χ0v) is 18.5. The van der Waals surface area contributed by atoms with E-state index in [-0.39, 0.29) is 5.56 Å². The fourth-order valence-electron chi connectivity index (χ4n) is 5.27. The minimum absolute atomic E-state index is 0.0928. The highest BCUT2D eigenvalue weighted by Crippen LogP contribution is 2.38. The molecule has 0 spiro atoms. The minimum atomic E-state index is 0.0928. The van der Waals surface area contributed by atoms with Crippen molar-refractivity contribution in [3.8, 4) is 5.75 Å². The monoisotopic (exact) mass is 445 g/mol. The molecule has 0 saturated carbocycles. The van der Waals surface area contributed by atoms with Crippen molar-refractivity contribution < 1.29 is 9.15 Å². The van der Waals surface area contributed by atoms with Crippen molar-refractivity contribution in [3.05, 3.63) is 70.6 Å². The SMILES string of the molecule is COc1cc2c(cc1NC(=S)N1C[C@@H]3C[C@H](C1)c1cccc(=O)n1C3)oc1ccccc12. The molecule has 0 radical (unpaired) electrons. The molecule has 2 aromatic carbocycles. The van der Waals surface area contributed by atoms with Gasteiger partial charge in [0.25, 0.3) is 5.56 Å². The van der Waals surface area contributed by atoms with Gasteiger partial charge in [0.15, 0.2) is 5.11 Å². The summed E-state index contributed by atoms with van der Waals surface area (Å²) in [5.41, 5.74) is 3.64. The molecule has 4 aromatic rings. The Morgan fingerprint density at radius 2 is 1.94 bits per heavy atom. The lowest BCUT2D eigenvalue weighted by atomic mass is 9.83. The van der Waals surface area contributed by atoms with E-state index in [1.165, 1.54) is 0 Å². The molecule has 2 aliphatic heterocycles. The van der Waals surface area contributed by atoms with Crippen LogP contribution in [0.25, 0.3) is 21.9 Å². The van der Waals surface area contributed by atoms with Gasteiger partial charge in [0.2, 0.25) is 0 Å². The number of methoxy groups -OCH3 is 1. The molecule has 0 unspecified atom stereocenters. The molecular weight excluding hydrogens is 422 g/mol. The molecule has 0 amide bonds. The number of ether oxygens (including phenoxy) is 1. The van der Waals surface area contributed by atoms with Gasteiger partial charge in [0.05, 0.1) is 12.8 Å². The summed E-state index contributed by atoms with van der Waals surface area (Å²) in [5.74, 6) is 1.43. The Morgan fingerprint density at radius 1 is 1.06 bits per heavy atom. The van der Waals surface area contributed by atoms with Gasteiger partial charge >= 0.3 is 0 Å². The second-order valence-corrected chi connectivity index (χ2v) is 9.07. The normalized spacial score (nSPS) is 19.7. The lowest BCUT2D eigenvalue weighted by Gasteiger charge is -2.43. The summed E-state index contributed by atoms with van der Waals surface area (Å²) in [7, 11) is 1.66. The first-order valence-corrected chi connectivity index (χ1v) is 11.3. The van der Waals surface area contributed by atoms with Gasteiger partial charge in [-0.2, -0.15) is 0 Å². The molecule has 2 aromatic heterocycles. The second kappa shape index (κ2) is 7.38. The quantitative estimate of drug-likeness (QED) is 0.456. The predicted octanol–water partition coefficient (Wildman–Crippen LogP) is 4.57. The second-order valence-electron chi connectivity index (χ2n) is 8.68. The third-order valence-corrected chi connectivity index (χ3v) is 7.07. The maximum absolute atomic E-state index is 12.3. The van der Waals surface area contributed by atoms with Gasteiger partial charge in [0.1, 0.15) is 16.9 Å². The van der Waals surface area contributed by atoms with Gasteiger partial charge in [0, 0.05) is 54.2 Å². The van der Waals surface area contributed by atoms with E-state index in [4.69, 9.17) is 21.4 Å². The van der Waals surface area contributed by atoms with Crippen molar-refractivity contribution in [2.75, 3.05) is 25.5 Å². The van der Waals surface area contributed by atoms with E-state index in [2.05, 4.69) is 16.3 Å². The average Bonchev–Trinajstić information content (AvgIpc) is 3.16. The summed E-state index contributed by atoms with van der Waals surface area (Å²) < 4.78 is 13.7. The summed E-state index contributed by atoms with van der Waals surface area (Å²) in [6.45, 7) is 2.37. The minimum Gasteiger partial charge on any atom is -0.495 e. The molecule has 162 valence electrons. The molecule has 6 rings (SSSR count). The number of rotatable bonds is 2. The molecule has 0 aliphatic carbocycles. The van der Waals surface area contributed by atoms with E-state index in [0.717, 1.165) is 65.1 Å². The van der Waals surface area contributed by atoms with Gasteiger partial charge in [-0.15, -0.1) is 0 Å². The Bertz CT molecular complexity index is 1420. The zero-order valence-electron chi connectivity index (χ0n) is 17.7. The van der Waals surface area contributed by atoms with Crippen LogP contribution in [0.15, 0.2) is 63.8 Å². The van der Waals surface area contributed by atoms with Crippen LogP contribution in [0, 0.1) is 5.92 Å². The van der Waals surface area contributed by atoms with Crippen LogP contribution in [0.3, 0.4) is 0 Å². The number of thiocarbonyl (C=S) groups is 1. The summed E-state index contributed by atoms with van der Waals surface area (Å²) in [6.07, 6.45) is 1.09. The molecular formula is C25H23N3O3S. The zero-order chi connectivity index (χ0) is 21.8. The highest BCUT2D eigenvalue weighted by molar-refractivity contribution is 7.80. The van der Waals surface area contributed by atoms with Crippen molar-refractivity contribution in [2.24, 2.45) is 5.92 Å². The standard InChI is InChI=1S/C25H23N3O3S/c1-30-23-10-18-17-5-2-3-7-21(17)31-22(18)11-19(23)26-25(32)27-12-15-9-16(14-27)20-6-4-8-24(29)28(20)13-15/h2-8,10-11,15-16H,9,12-14H2,1H3,(H,26,32)/t15-,16+/m0/s1.